The van der Waals surface area contributed by atoms with Gasteiger partial charge in [-0.05, 0) is 54.5 Å². The summed E-state index contributed by atoms with van der Waals surface area (Å²) in [5, 5.41) is 9.75. The minimum atomic E-state index is 0.136. The first-order valence-corrected chi connectivity index (χ1v) is 7.08. The number of phenolic OH excluding ortho intramolecular Hbond substituents is 1. The van der Waals surface area contributed by atoms with Crippen LogP contribution in [-0.2, 0) is 11.3 Å². The maximum absolute atomic E-state index is 9.75. The Hall–Kier alpha value is -0.780. The van der Waals surface area contributed by atoms with Crippen molar-refractivity contribution < 1.29 is 14.6 Å². The first-order chi connectivity index (χ1) is 8.93. The van der Waals surface area contributed by atoms with Gasteiger partial charge in [-0.25, -0.2) is 0 Å². The molecule has 0 aromatic heterocycles. The van der Waals surface area contributed by atoms with Crippen molar-refractivity contribution in [2.24, 2.45) is 0 Å². The van der Waals surface area contributed by atoms with Crippen molar-refractivity contribution in [1.29, 1.82) is 0 Å². The highest BCUT2D eigenvalue weighted by Crippen LogP contribution is 2.35. The molecule has 108 valence electrons. The quantitative estimate of drug-likeness (QED) is 0.833. The molecule has 0 spiro atoms. The van der Waals surface area contributed by atoms with Gasteiger partial charge < -0.3 is 14.6 Å². The zero-order valence-corrected chi connectivity index (χ0v) is 13.5. The van der Waals surface area contributed by atoms with Crippen LogP contribution >= 0.6 is 15.9 Å². The summed E-state index contributed by atoms with van der Waals surface area (Å²) in [5.74, 6) is 0.619. The lowest BCUT2D eigenvalue weighted by Crippen LogP contribution is -2.24. The van der Waals surface area contributed by atoms with Crippen LogP contribution in [0.4, 0.5) is 0 Å². The second-order valence-electron chi connectivity index (χ2n) is 4.79. The van der Waals surface area contributed by atoms with E-state index in [1.54, 1.807) is 7.11 Å². The summed E-state index contributed by atoms with van der Waals surface area (Å²) in [4.78, 5) is 2.17. The molecular weight excluding hydrogens is 310 g/mol. The zero-order valence-electron chi connectivity index (χ0n) is 11.9. The van der Waals surface area contributed by atoms with Gasteiger partial charge in [-0.15, -0.1) is 0 Å². The Morgan fingerprint density at radius 2 is 2.05 bits per heavy atom. The highest BCUT2D eigenvalue weighted by molar-refractivity contribution is 9.10. The summed E-state index contributed by atoms with van der Waals surface area (Å²) in [6.45, 7) is 6.41. The molecule has 1 aromatic rings. The van der Waals surface area contributed by atoms with Crippen molar-refractivity contribution in [2.75, 3.05) is 27.3 Å². The molecule has 0 aliphatic heterocycles. The third-order valence-corrected chi connectivity index (χ3v) is 3.29. The van der Waals surface area contributed by atoms with E-state index in [0.717, 1.165) is 18.7 Å². The summed E-state index contributed by atoms with van der Waals surface area (Å²) >= 11 is 3.33. The number of hydrogen-bond donors (Lipinski definition) is 1. The SMILES string of the molecule is COc1cc(CN(C)CCOC(C)C)cc(Br)c1O. The van der Waals surface area contributed by atoms with Crippen LogP contribution in [0.25, 0.3) is 0 Å². The van der Waals surface area contributed by atoms with Crippen molar-refractivity contribution >= 4 is 15.9 Å². The third-order valence-electron chi connectivity index (χ3n) is 2.68. The van der Waals surface area contributed by atoms with E-state index in [0.29, 0.717) is 16.8 Å². The van der Waals surface area contributed by atoms with Crippen molar-refractivity contribution in [2.45, 2.75) is 26.5 Å². The van der Waals surface area contributed by atoms with Gasteiger partial charge >= 0.3 is 0 Å². The van der Waals surface area contributed by atoms with Crippen LogP contribution in [0.3, 0.4) is 0 Å². The number of hydrogen-bond acceptors (Lipinski definition) is 4. The number of benzene rings is 1. The van der Waals surface area contributed by atoms with E-state index in [2.05, 4.69) is 20.8 Å². The summed E-state index contributed by atoms with van der Waals surface area (Å²) in [6.07, 6.45) is 0.260. The Balaban J connectivity index is 2.59. The third kappa shape index (κ3) is 5.38. The molecule has 1 aromatic carbocycles. The van der Waals surface area contributed by atoms with Gasteiger partial charge in [-0.3, -0.25) is 4.90 Å². The fraction of sp³-hybridized carbons (Fsp3) is 0.571. The molecule has 5 heteroatoms. The molecular formula is C14H22BrNO3. The fourth-order valence-corrected chi connectivity index (χ4v) is 2.20. The number of likely N-dealkylation sites (N-methyl/N-ethyl adjacent to an activating group) is 1. The first-order valence-electron chi connectivity index (χ1n) is 6.29. The monoisotopic (exact) mass is 331 g/mol. The maximum atomic E-state index is 9.75. The molecule has 0 heterocycles. The zero-order chi connectivity index (χ0) is 14.4. The maximum Gasteiger partial charge on any atom is 0.172 e. The summed E-state index contributed by atoms with van der Waals surface area (Å²) < 4.78 is 11.3. The van der Waals surface area contributed by atoms with E-state index in [9.17, 15) is 5.11 Å². The summed E-state index contributed by atoms with van der Waals surface area (Å²) in [7, 11) is 3.59. The molecule has 0 amide bonds. The van der Waals surface area contributed by atoms with Crippen molar-refractivity contribution in [3.8, 4) is 11.5 Å². The number of halogens is 1. The van der Waals surface area contributed by atoms with Crippen molar-refractivity contribution in [3.05, 3.63) is 22.2 Å². The molecule has 19 heavy (non-hydrogen) atoms. The van der Waals surface area contributed by atoms with Crippen LogP contribution in [0.15, 0.2) is 16.6 Å². The number of rotatable bonds is 7. The molecule has 0 aliphatic rings. The first kappa shape index (κ1) is 16.3. The van der Waals surface area contributed by atoms with E-state index in [1.165, 1.54) is 0 Å². The number of methoxy groups -OCH3 is 1. The van der Waals surface area contributed by atoms with Crippen LogP contribution in [0.2, 0.25) is 0 Å². The number of aromatic hydroxyl groups is 1. The lowest BCUT2D eigenvalue weighted by molar-refractivity contribution is 0.0627. The minimum Gasteiger partial charge on any atom is -0.503 e. The smallest absolute Gasteiger partial charge is 0.172 e. The van der Waals surface area contributed by atoms with E-state index in [-0.39, 0.29) is 11.9 Å². The Labute approximate surface area is 123 Å². The summed E-state index contributed by atoms with van der Waals surface area (Å²) in [5.41, 5.74) is 1.08. The van der Waals surface area contributed by atoms with Gasteiger partial charge in [0.1, 0.15) is 0 Å². The fourth-order valence-electron chi connectivity index (χ4n) is 1.71. The molecule has 0 bridgehead atoms. The Kier molecular flexibility index (Phi) is 6.62. The molecule has 0 atom stereocenters. The lowest BCUT2D eigenvalue weighted by atomic mass is 10.2. The number of nitrogens with zero attached hydrogens (tertiary/aromatic N) is 1. The second-order valence-corrected chi connectivity index (χ2v) is 5.64. The molecule has 0 saturated carbocycles. The average molecular weight is 332 g/mol. The molecule has 0 unspecified atom stereocenters. The molecule has 1 rings (SSSR count). The lowest BCUT2D eigenvalue weighted by Gasteiger charge is -2.18. The van der Waals surface area contributed by atoms with Gasteiger partial charge in [0.2, 0.25) is 0 Å². The molecule has 0 aliphatic carbocycles. The van der Waals surface area contributed by atoms with Gasteiger partial charge in [0.05, 0.1) is 24.3 Å². The van der Waals surface area contributed by atoms with Crippen LogP contribution < -0.4 is 4.74 Å². The topological polar surface area (TPSA) is 41.9 Å². The Morgan fingerprint density at radius 3 is 2.63 bits per heavy atom. The number of ether oxygens (including phenoxy) is 2. The average Bonchev–Trinajstić information content (AvgIpc) is 2.33. The van der Waals surface area contributed by atoms with Crippen LogP contribution in [0, 0.1) is 0 Å². The predicted octanol–water partition coefficient (Wildman–Crippen LogP) is 3.02. The van der Waals surface area contributed by atoms with Crippen LogP contribution in [0.5, 0.6) is 11.5 Å². The molecule has 0 radical (unpaired) electrons. The molecule has 4 nitrogen and oxygen atoms in total. The van der Waals surface area contributed by atoms with E-state index in [1.807, 2.05) is 33.0 Å². The summed E-state index contributed by atoms with van der Waals surface area (Å²) in [6, 6.07) is 3.75. The Morgan fingerprint density at radius 1 is 1.37 bits per heavy atom. The van der Waals surface area contributed by atoms with E-state index >= 15 is 0 Å². The van der Waals surface area contributed by atoms with Crippen LogP contribution in [0.1, 0.15) is 19.4 Å². The second kappa shape index (κ2) is 7.72. The normalized spacial score (nSPS) is 11.3. The van der Waals surface area contributed by atoms with Gasteiger partial charge in [-0.1, -0.05) is 0 Å². The van der Waals surface area contributed by atoms with Gasteiger partial charge in [-0.2, -0.15) is 0 Å². The predicted molar refractivity (Wildman–Crippen MR) is 79.8 cm³/mol. The van der Waals surface area contributed by atoms with Crippen molar-refractivity contribution in [3.63, 3.8) is 0 Å². The Bertz CT molecular complexity index is 410. The molecule has 0 saturated heterocycles. The highest BCUT2D eigenvalue weighted by atomic mass is 79.9. The standard InChI is InChI=1S/C14H22BrNO3/c1-10(2)19-6-5-16(3)9-11-7-12(15)14(17)13(8-11)18-4/h7-8,10,17H,5-6,9H2,1-4H3. The molecule has 0 fully saturated rings. The molecule has 1 N–H and O–H groups in total. The highest BCUT2D eigenvalue weighted by Gasteiger charge is 2.10. The van der Waals surface area contributed by atoms with Gasteiger partial charge in [0.25, 0.3) is 0 Å². The largest absolute Gasteiger partial charge is 0.503 e. The minimum absolute atomic E-state index is 0.136. The van der Waals surface area contributed by atoms with Crippen LogP contribution in [-0.4, -0.2) is 43.4 Å². The van der Waals surface area contributed by atoms with Gasteiger partial charge in [0, 0.05) is 13.1 Å². The van der Waals surface area contributed by atoms with Crippen molar-refractivity contribution in [1.82, 2.24) is 4.90 Å². The van der Waals surface area contributed by atoms with E-state index in [4.69, 9.17) is 9.47 Å². The van der Waals surface area contributed by atoms with Gasteiger partial charge in [0.15, 0.2) is 11.5 Å². The van der Waals surface area contributed by atoms with E-state index < -0.39 is 0 Å². The number of phenols is 1.